The minimum atomic E-state index is 0.684. The van der Waals surface area contributed by atoms with Crippen molar-refractivity contribution in [3.05, 3.63) is 315 Å². The third kappa shape index (κ3) is 7.20. The molecule has 92 heavy (non-hydrogen) atoms. The van der Waals surface area contributed by atoms with Crippen molar-refractivity contribution in [1.82, 2.24) is 28.2 Å². The molecule has 0 atom stereocenters. The fourth-order valence-electron chi connectivity index (χ4n) is 15.8. The van der Waals surface area contributed by atoms with Gasteiger partial charge in [0.05, 0.1) is 55.5 Å². The standard InChI is InChI=1S/C86H52N6/c1-3-23-56(24-4-1)89-70-37-11-7-27-64(70)79-60(31-17-41-74(79)89)62-33-19-43-76-81(62)66-29-9-13-39-72(66)91(76)58-49-45-54(46-50-58)84-83-68-35-15-21-53-22-16-36-69(78(53)68)85(83)88-86(87-84)55-47-51-59(52-48-55)92-73-40-14-10-30-67(73)82-63(34-20-44-77(82)92)61-32-18-42-75-80(61)65-28-8-12-38-71(65)90(75)57-25-5-2-6-26-57/h1-52H. The van der Waals surface area contributed by atoms with Crippen LogP contribution in [0, 0.1) is 0 Å². The molecular weight excluding hydrogens is 1120 g/mol. The molecule has 0 fully saturated rings. The first-order valence-electron chi connectivity index (χ1n) is 31.6. The van der Waals surface area contributed by atoms with Crippen LogP contribution in [0.3, 0.4) is 0 Å². The second-order valence-corrected chi connectivity index (χ2v) is 24.3. The van der Waals surface area contributed by atoms with Crippen LogP contribution in [0.2, 0.25) is 0 Å². The van der Waals surface area contributed by atoms with Gasteiger partial charge < -0.3 is 18.3 Å². The van der Waals surface area contributed by atoms with Gasteiger partial charge in [-0.2, -0.15) is 0 Å². The Morgan fingerprint density at radius 1 is 0.196 bits per heavy atom. The van der Waals surface area contributed by atoms with E-state index in [9.17, 15) is 0 Å². The Labute approximate surface area is 528 Å². The monoisotopic (exact) mass is 1170 g/mol. The van der Waals surface area contributed by atoms with Gasteiger partial charge in [0.15, 0.2) is 5.82 Å². The molecule has 426 valence electrons. The van der Waals surface area contributed by atoms with Crippen LogP contribution in [0.25, 0.3) is 188 Å². The van der Waals surface area contributed by atoms with E-state index in [0.717, 1.165) is 84.0 Å². The lowest BCUT2D eigenvalue weighted by Gasteiger charge is -2.14. The molecular formula is C86H52N6. The number of hydrogen-bond acceptors (Lipinski definition) is 2. The maximum Gasteiger partial charge on any atom is 0.160 e. The summed E-state index contributed by atoms with van der Waals surface area (Å²) in [5, 5.41) is 12.2. The molecule has 6 heteroatoms. The van der Waals surface area contributed by atoms with Crippen LogP contribution in [-0.4, -0.2) is 28.2 Å². The predicted octanol–water partition coefficient (Wildman–Crippen LogP) is 22.3. The van der Waals surface area contributed by atoms with E-state index in [1.807, 2.05) is 0 Å². The highest BCUT2D eigenvalue weighted by molar-refractivity contribution is 6.24. The van der Waals surface area contributed by atoms with E-state index in [4.69, 9.17) is 9.97 Å². The first-order valence-corrected chi connectivity index (χ1v) is 31.6. The van der Waals surface area contributed by atoms with Crippen molar-refractivity contribution in [2.75, 3.05) is 0 Å². The Morgan fingerprint density at radius 3 is 0.902 bits per heavy atom. The Balaban J connectivity index is 0.716. The minimum absolute atomic E-state index is 0.684. The highest BCUT2D eigenvalue weighted by Crippen LogP contribution is 2.52. The van der Waals surface area contributed by atoms with Crippen molar-refractivity contribution >= 4 is 98.0 Å². The molecule has 0 saturated carbocycles. The SMILES string of the molecule is c1ccc(-n2c3ccccc3c3c(-c4cccc5c4c4ccccc4n5-c4ccc(-c5nc(-c6ccc(-n7c8ccccc8c8c(-c9cccc%10c9c9ccccc9n%10-c9ccccc9)cccc87)cc6)c6c(n5)-c5cccc7cccc-6c57)cc4)cccc32)cc1. The van der Waals surface area contributed by atoms with E-state index in [1.54, 1.807) is 0 Å². The van der Waals surface area contributed by atoms with Gasteiger partial charge in [0, 0.05) is 88.1 Å². The zero-order valence-electron chi connectivity index (χ0n) is 49.7. The zero-order chi connectivity index (χ0) is 60.1. The van der Waals surface area contributed by atoms with Gasteiger partial charge >= 0.3 is 0 Å². The third-order valence-electron chi connectivity index (χ3n) is 19.5. The van der Waals surface area contributed by atoms with E-state index >= 15 is 0 Å². The molecule has 5 heterocycles. The minimum Gasteiger partial charge on any atom is -0.309 e. The lowest BCUT2D eigenvalue weighted by Crippen LogP contribution is -1.99. The van der Waals surface area contributed by atoms with Crippen LogP contribution in [0.4, 0.5) is 0 Å². The molecule has 6 nitrogen and oxygen atoms in total. The van der Waals surface area contributed by atoms with Crippen LogP contribution >= 0.6 is 0 Å². The van der Waals surface area contributed by atoms with Gasteiger partial charge in [0.2, 0.25) is 0 Å². The average Bonchev–Trinajstić information content (AvgIpc) is 1.58. The maximum atomic E-state index is 5.64. The fraction of sp³-hybridized carbons (Fsp3) is 0. The van der Waals surface area contributed by atoms with Crippen molar-refractivity contribution < 1.29 is 0 Å². The molecule has 1 aliphatic rings. The van der Waals surface area contributed by atoms with Crippen molar-refractivity contribution in [3.63, 3.8) is 0 Å². The number of benzene rings is 14. The predicted molar refractivity (Wildman–Crippen MR) is 383 cm³/mol. The highest BCUT2D eigenvalue weighted by Gasteiger charge is 2.29. The zero-order valence-corrected chi connectivity index (χ0v) is 49.7. The maximum absolute atomic E-state index is 5.64. The first-order chi connectivity index (χ1) is 45.7. The summed E-state index contributed by atoms with van der Waals surface area (Å²) in [5.41, 5.74) is 25.8. The number of fused-ring (bicyclic) bond motifs is 15. The molecule has 0 N–H and O–H groups in total. The summed E-state index contributed by atoms with van der Waals surface area (Å²) >= 11 is 0. The number of hydrogen-bond donors (Lipinski definition) is 0. The molecule has 14 aromatic carbocycles. The number of nitrogens with zero attached hydrogens (tertiary/aromatic N) is 6. The molecule has 0 amide bonds. The molecule has 0 spiro atoms. The number of rotatable bonds is 8. The molecule has 0 saturated heterocycles. The Hall–Kier alpha value is -12.4. The topological polar surface area (TPSA) is 45.5 Å². The summed E-state index contributed by atoms with van der Waals surface area (Å²) in [6, 6.07) is 115. The number of aromatic nitrogens is 6. The van der Waals surface area contributed by atoms with E-state index < -0.39 is 0 Å². The van der Waals surface area contributed by atoms with Crippen molar-refractivity contribution in [2.24, 2.45) is 0 Å². The Kier molecular flexibility index (Phi) is 10.8. The summed E-state index contributed by atoms with van der Waals surface area (Å²) in [6.45, 7) is 0. The molecule has 19 aromatic rings. The largest absolute Gasteiger partial charge is 0.309 e. The van der Waals surface area contributed by atoms with Crippen LogP contribution in [0.5, 0.6) is 0 Å². The second kappa shape index (κ2) is 19.6. The molecule has 0 unspecified atom stereocenters. The summed E-state index contributed by atoms with van der Waals surface area (Å²) < 4.78 is 9.66. The van der Waals surface area contributed by atoms with Gasteiger partial charge in [-0.15, -0.1) is 0 Å². The van der Waals surface area contributed by atoms with E-state index in [0.29, 0.717) is 5.82 Å². The highest BCUT2D eigenvalue weighted by atomic mass is 15.0. The molecule has 0 radical (unpaired) electrons. The lowest BCUT2D eigenvalue weighted by molar-refractivity contribution is 1.16. The summed E-state index contributed by atoms with van der Waals surface area (Å²) in [5.74, 6) is 0.684. The normalized spacial score (nSPS) is 12.1. The molecule has 20 rings (SSSR count). The van der Waals surface area contributed by atoms with Crippen LogP contribution in [0.1, 0.15) is 0 Å². The van der Waals surface area contributed by atoms with E-state index in [-0.39, 0.29) is 0 Å². The van der Waals surface area contributed by atoms with Crippen LogP contribution in [0.15, 0.2) is 315 Å². The van der Waals surface area contributed by atoms with E-state index in [2.05, 4.69) is 334 Å². The van der Waals surface area contributed by atoms with Crippen LogP contribution < -0.4 is 0 Å². The van der Waals surface area contributed by atoms with Gasteiger partial charge in [-0.1, -0.05) is 206 Å². The lowest BCUT2D eigenvalue weighted by atomic mass is 9.95. The van der Waals surface area contributed by atoms with Gasteiger partial charge in [0.1, 0.15) is 0 Å². The third-order valence-corrected chi connectivity index (χ3v) is 19.5. The fourth-order valence-corrected chi connectivity index (χ4v) is 15.8. The smallest absolute Gasteiger partial charge is 0.160 e. The van der Waals surface area contributed by atoms with Gasteiger partial charge in [-0.3, -0.25) is 0 Å². The Morgan fingerprint density at radius 2 is 0.500 bits per heavy atom. The van der Waals surface area contributed by atoms with Crippen molar-refractivity contribution in [1.29, 1.82) is 0 Å². The molecule has 5 aromatic heterocycles. The Bertz CT molecular complexity index is 6280. The van der Waals surface area contributed by atoms with Gasteiger partial charge in [0.25, 0.3) is 0 Å². The first kappa shape index (κ1) is 50.6. The van der Waals surface area contributed by atoms with Gasteiger partial charge in [-0.25, -0.2) is 9.97 Å². The molecule has 0 aliphatic heterocycles. The van der Waals surface area contributed by atoms with Crippen molar-refractivity contribution in [3.8, 4) is 90.0 Å². The molecule has 0 bridgehead atoms. The average molecular weight is 1170 g/mol. The summed E-state index contributed by atoms with van der Waals surface area (Å²) in [4.78, 5) is 11.2. The number of para-hydroxylation sites is 6. The summed E-state index contributed by atoms with van der Waals surface area (Å²) in [7, 11) is 0. The quantitative estimate of drug-likeness (QED) is 0.152. The summed E-state index contributed by atoms with van der Waals surface area (Å²) in [6.07, 6.45) is 0. The van der Waals surface area contributed by atoms with Crippen LogP contribution in [-0.2, 0) is 0 Å². The van der Waals surface area contributed by atoms with E-state index in [1.165, 1.54) is 98.2 Å². The van der Waals surface area contributed by atoms with Crippen molar-refractivity contribution in [2.45, 2.75) is 0 Å². The second-order valence-electron chi connectivity index (χ2n) is 24.3. The van der Waals surface area contributed by atoms with Gasteiger partial charge in [-0.05, 0) is 148 Å². The molecule has 1 aliphatic carbocycles.